The molecule has 2 aromatic heterocycles. The van der Waals surface area contributed by atoms with E-state index in [4.69, 9.17) is 0 Å². The molecular formula is C12H11N3S2. The van der Waals surface area contributed by atoms with Gasteiger partial charge in [-0.1, -0.05) is 12.1 Å². The second-order valence-corrected chi connectivity index (χ2v) is 5.82. The molecule has 86 valence electrons. The smallest absolute Gasteiger partial charge is 0.117 e. The molecule has 0 bridgehead atoms. The third-order valence-corrected chi connectivity index (χ3v) is 4.22. The number of nitrogens with zero attached hydrogens (tertiary/aromatic N) is 2. The van der Waals surface area contributed by atoms with Crippen molar-refractivity contribution in [1.29, 1.82) is 0 Å². The number of hydrogen-bond acceptors (Lipinski definition) is 5. The van der Waals surface area contributed by atoms with Gasteiger partial charge in [0.05, 0.1) is 17.1 Å². The van der Waals surface area contributed by atoms with Gasteiger partial charge >= 0.3 is 0 Å². The maximum absolute atomic E-state index is 4.40. The van der Waals surface area contributed by atoms with E-state index in [0.717, 1.165) is 22.1 Å². The molecule has 1 aromatic carbocycles. The Morgan fingerprint density at radius 1 is 1.29 bits per heavy atom. The Bertz CT molecular complexity index is 642. The third-order valence-electron chi connectivity index (χ3n) is 2.48. The number of thiazole rings is 1. The van der Waals surface area contributed by atoms with E-state index in [1.54, 1.807) is 11.3 Å². The number of nitrogens with one attached hydrogen (secondary N) is 1. The van der Waals surface area contributed by atoms with Gasteiger partial charge in [0.15, 0.2) is 0 Å². The zero-order valence-corrected chi connectivity index (χ0v) is 10.9. The molecule has 0 aliphatic rings. The highest BCUT2D eigenvalue weighted by molar-refractivity contribution is 7.12. The summed E-state index contributed by atoms with van der Waals surface area (Å²) < 4.78 is 4.40. The molecule has 0 atom stereocenters. The monoisotopic (exact) mass is 261 g/mol. The first-order chi connectivity index (χ1) is 8.33. The molecule has 0 unspecified atom stereocenters. The van der Waals surface area contributed by atoms with Crippen molar-refractivity contribution in [3.63, 3.8) is 0 Å². The van der Waals surface area contributed by atoms with E-state index >= 15 is 0 Å². The summed E-state index contributed by atoms with van der Waals surface area (Å²) in [7, 11) is 0. The molecule has 0 fully saturated rings. The zero-order chi connectivity index (χ0) is 11.7. The van der Waals surface area contributed by atoms with Crippen molar-refractivity contribution >= 4 is 38.8 Å². The molecule has 3 nitrogen and oxygen atoms in total. The van der Waals surface area contributed by atoms with Crippen LogP contribution in [0.5, 0.6) is 0 Å². The summed E-state index contributed by atoms with van der Waals surface area (Å²) in [5.41, 5.74) is 1.06. The molecule has 1 N–H and O–H groups in total. The summed E-state index contributed by atoms with van der Waals surface area (Å²) in [4.78, 5) is 5.50. The van der Waals surface area contributed by atoms with Gasteiger partial charge in [0.1, 0.15) is 5.00 Å². The maximum Gasteiger partial charge on any atom is 0.117 e. The van der Waals surface area contributed by atoms with E-state index in [0.29, 0.717) is 0 Å². The van der Waals surface area contributed by atoms with Crippen LogP contribution >= 0.6 is 22.9 Å². The van der Waals surface area contributed by atoms with Gasteiger partial charge in [-0.2, -0.15) is 4.37 Å². The first kappa shape index (κ1) is 10.7. The van der Waals surface area contributed by atoms with Gasteiger partial charge in [0.25, 0.3) is 0 Å². The van der Waals surface area contributed by atoms with Crippen molar-refractivity contribution in [1.82, 2.24) is 9.36 Å². The molecule has 0 saturated carbocycles. The molecule has 0 saturated heterocycles. The number of aryl methyl sites for hydroxylation is 1. The van der Waals surface area contributed by atoms with Gasteiger partial charge in [-0.05, 0) is 30.6 Å². The van der Waals surface area contributed by atoms with Crippen molar-refractivity contribution in [3.8, 4) is 0 Å². The third kappa shape index (κ3) is 2.16. The molecule has 0 radical (unpaired) electrons. The topological polar surface area (TPSA) is 37.8 Å². The molecule has 3 aromatic rings. The lowest BCUT2D eigenvalue weighted by atomic mass is 10.2. The lowest BCUT2D eigenvalue weighted by Crippen LogP contribution is -1.95. The fourth-order valence-corrected chi connectivity index (χ4v) is 3.16. The molecule has 0 amide bonds. The van der Waals surface area contributed by atoms with Crippen LogP contribution in [0.3, 0.4) is 0 Å². The number of rotatable bonds is 3. The predicted molar refractivity (Wildman–Crippen MR) is 73.8 cm³/mol. The average Bonchev–Trinajstić information content (AvgIpc) is 2.93. The molecule has 5 heteroatoms. The Hall–Kier alpha value is -1.46. The standard InChI is InChI=1S/C12H11N3S2/c1-8-13-6-9(16-8)7-14-12-10-4-2-3-5-11(10)15-17-12/h2-6,14H,7H2,1H3. The molecular weight excluding hydrogens is 250 g/mol. The van der Waals surface area contributed by atoms with Gasteiger partial charge in [-0.3, -0.25) is 0 Å². The molecule has 0 aliphatic heterocycles. The van der Waals surface area contributed by atoms with Gasteiger partial charge in [0.2, 0.25) is 0 Å². The molecule has 17 heavy (non-hydrogen) atoms. The van der Waals surface area contributed by atoms with E-state index in [-0.39, 0.29) is 0 Å². The zero-order valence-electron chi connectivity index (χ0n) is 9.30. The van der Waals surface area contributed by atoms with E-state index in [1.165, 1.54) is 21.8 Å². The van der Waals surface area contributed by atoms with Gasteiger partial charge in [-0.25, -0.2) is 4.98 Å². The van der Waals surface area contributed by atoms with Crippen LogP contribution in [0.1, 0.15) is 9.88 Å². The van der Waals surface area contributed by atoms with Crippen LogP contribution < -0.4 is 5.32 Å². The summed E-state index contributed by atoms with van der Waals surface area (Å²) in [5.74, 6) is 0. The summed E-state index contributed by atoms with van der Waals surface area (Å²) in [6, 6.07) is 8.18. The van der Waals surface area contributed by atoms with Crippen LogP contribution in [-0.4, -0.2) is 9.36 Å². The largest absolute Gasteiger partial charge is 0.370 e. The van der Waals surface area contributed by atoms with Crippen molar-refractivity contribution in [2.24, 2.45) is 0 Å². The van der Waals surface area contributed by atoms with Crippen LogP contribution in [0.4, 0.5) is 5.00 Å². The highest BCUT2D eigenvalue weighted by Gasteiger charge is 2.05. The maximum atomic E-state index is 4.40. The normalized spacial score (nSPS) is 10.9. The summed E-state index contributed by atoms with van der Waals surface area (Å²) >= 11 is 3.24. The minimum atomic E-state index is 0.817. The quantitative estimate of drug-likeness (QED) is 0.781. The van der Waals surface area contributed by atoms with Crippen molar-refractivity contribution in [3.05, 3.63) is 40.3 Å². The second kappa shape index (κ2) is 4.43. The minimum Gasteiger partial charge on any atom is -0.370 e. The van der Waals surface area contributed by atoms with Crippen LogP contribution in [0.25, 0.3) is 10.9 Å². The van der Waals surface area contributed by atoms with Gasteiger partial charge in [0, 0.05) is 16.5 Å². The van der Waals surface area contributed by atoms with E-state index in [9.17, 15) is 0 Å². The SMILES string of the molecule is Cc1ncc(CNc2snc3ccccc23)s1. The fraction of sp³-hybridized carbons (Fsp3) is 0.167. The van der Waals surface area contributed by atoms with Crippen LogP contribution in [0.2, 0.25) is 0 Å². The number of aromatic nitrogens is 2. The fourth-order valence-electron chi connectivity index (χ4n) is 1.67. The number of fused-ring (bicyclic) bond motifs is 1. The first-order valence-electron chi connectivity index (χ1n) is 5.32. The Morgan fingerprint density at radius 2 is 2.18 bits per heavy atom. The van der Waals surface area contributed by atoms with Gasteiger partial charge < -0.3 is 5.32 Å². The molecule has 2 heterocycles. The Labute approximate surface area is 107 Å². The van der Waals surface area contributed by atoms with Crippen molar-refractivity contribution < 1.29 is 0 Å². The number of benzene rings is 1. The molecule has 0 spiro atoms. The predicted octanol–water partition coefficient (Wildman–Crippen LogP) is 3.67. The number of hydrogen-bond donors (Lipinski definition) is 1. The second-order valence-electron chi connectivity index (χ2n) is 3.73. The lowest BCUT2D eigenvalue weighted by molar-refractivity contribution is 1.18. The Kier molecular flexibility index (Phi) is 2.78. The van der Waals surface area contributed by atoms with E-state index in [1.807, 2.05) is 31.3 Å². The van der Waals surface area contributed by atoms with Crippen LogP contribution in [0.15, 0.2) is 30.5 Å². The van der Waals surface area contributed by atoms with Crippen molar-refractivity contribution in [2.45, 2.75) is 13.5 Å². The van der Waals surface area contributed by atoms with Crippen molar-refractivity contribution in [2.75, 3.05) is 5.32 Å². The first-order valence-corrected chi connectivity index (χ1v) is 6.91. The Balaban J connectivity index is 1.81. The van der Waals surface area contributed by atoms with Gasteiger partial charge in [-0.15, -0.1) is 11.3 Å². The summed E-state index contributed by atoms with van der Waals surface area (Å²) in [6.45, 7) is 2.84. The lowest BCUT2D eigenvalue weighted by Gasteiger charge is -2.00. The molecule has 3 rings (SSSR count). The highest BCUT2D eigenvalue weighted by atomic mass is 32.1. The minimum absolute atomic E-state index is 0.817. The van der Waals surface area contributed by atoms with Crippen LogP contribution in [-0.2, 0) is 6.54 Å². The van der Waals surface area contributed by atoms with E-state index in [2.05, 4.69) is 20.7 Å². The average molecular weight is 261 g/mol. The Morgan fingerprint density at radius 3 is 3.00 bits per heavy atom. The highest BCUT2D eigenvalue weighted by Crippen LogP contribution is 2.28. The number of anilines is 1. The molecule has 0 aliphatic carbocycles. The van der Waals surface area contributed by atoms with Crippen LogP contribution in [0, 0.1) is 6.92 Å². The summed E-state index contributed by atoms with van der Waals surface area (Å²) in [5, 5.41) is 6.86. The van der Waals surface area contributed by atoms with E-state index < -0.39 is 0 Å². The summed E-state index contributed by atoms with van der Waals surface area (Å²) in [6.07, 6.45) is 1.93.